The Hall–Kier alpha value is -5.70. The minimum Gasteiger partial charge on any atom is -0.466 e. The maximum Gasteiger partial charge on any atom is 0.410 e. The topological polar surface area (TPSA) is 385 Å². The van der Waals surface area contributed by atoms with Crippen molar-refractivity contribution in [1.82, 2.24) is 30.5 Å². The number of nitro benzene ring substituents is 1. The Labute approximate surface area is 483 Å². The molecular formula is C53H85N7O22S. The Bertz CT molecular complexity index is 2590. The molecule has 1 saturated carbocycles. The van der Waals surface area contributed by atoms with E-state index in [2.05, 4.69) is 21.3 Å². The van der Waals surface area contributed by atoms with Crippen LogP contribution in [0.1, 0.15) is 116 Å². The molecule has 470 valence electrons. The molecular weight excluding hydrogens is 1120 g/mol. The molecule has 30 heteroatoms. The SMILES string of the molecule is CN(C(=O)OC(C)(C)C)[C@@H]1[C@@H](O)[C@@H](O[C@@H]2[C@@H](O)[C@H](O[C@H]3OC(CN(CCCC4CO4)S(=O)(=O)c4ccccc4[N+](=O)[O-])=CC[C@H]3NC(=O)OC(C)(C)C)[C@@H](NC(=O)OC(C)(C)C)C[C@H]2NC(=O)[C@@H](O)CNC(=O)OC(C)(C)C)OC[C@]1(C)O. The number of carbonyl (C=O) groups excluding carboxylic acids is 5. The molecule has 4 aliphatic rings. The quantitative estimate of drug-likeness (QED) is 0.0403. The van der Waals surface area contributed by atoms with Gasteiger partial charge in [-0.15, -0.1) is 0 Å². The van der Waals surface area contributed by atoms with Crippen molar-refractivity contribution in [3.8, 4) is 0 Å². The van der Waals surface area contributed by atoms with Crippen LogP contribution in [0.5, 0.6) is 0 Å². The number of hydrogen-bond donors (Lipinski definition) is 8. The van der Waals surface area contributed by atoms with Crippen LogP contribution in [0.4, 0.5) is 24.9 Å². The first-order chi connectivity index (χ1) is 38.1. The number of likely N-dealkylation sites (N-methyl/N-ethyl adjacent to an activating group) is 1. The predicted molar refractivity (Wildman–Crippen MR) is 291 cm³/mol. The van der Waals surface area contributed by atoms with Gasteiger partial charge in [0, 0.05) is 19.7 Å². The third kappa shape index (κ3) is 20.2. The second-order valence-corrected chi connectivity index (χ2v) is 27.0. The molecule has 3 aliphatic heterocycles. The van der Waals surface area contributed by atoms with Gasteiger partial charge in [0.1, 0.15) is 64.3 Å². The van der Waals surface area contributed by atoms with Crippen LogP contribution in [0.25, 0.3) is 0 Å². The lowest BCUT2D eigenvalue weighted by Gasteiger charge is -2.50. The first-order valence-corrected chi connectivity index (χ1v) is 28.7. The first-order valence-electron chi connectivity index (χ1n) is 27.3. The minimum absolute atomic E-state index is 0.0816. The average Bonchev–Trinajstić information content (AvgIpc) is 4.30. The summed E-state index contributed by atoms with van der Waals surface area (Å²) in [6.07, 6.45) is -15.7. The number of sulfonamides is 1. The summed E-state index contributed by atoms with van der Waals surface area (Å²) in [4.78, 5) is 78.9. The monoisotopic (exact) mass is 1200 g/mol. The number of ether oxygens (including phenoxy) is 9. The van der Waals surface area contributed by atoms with Gasteiger partial charge in [-0.05, 0) is 128 Å². The molecule has 2 saturated heterocycles. The lowest BCUT2D eigenvalue weighted by atomic mass is 9.82. The smallest absolute Gasteiger partial charge is 0.410 e. The van der Waals surface area contributed by atoms with Crippen molar-refractivity contribution < 1.29 is 100 Å². The summed E-state index contributed by atoms with van der Waals surface area (Å²) in [5.41, 5.74) is -6.73. The van der Waals surface area contributed by atoms with Crippen molar-refractivity contribution in [1.29, 1.82) is 0 Å². The number of para-hydroxylation sites is 1. The van der Waals surface area contributed by atoms with Crippen LogP contribution in [0, 0.1) is 10.1 Å². The molecule has 1 unspecified atom stereocenters. The molecule has 0 spiro atoms. The maximum absolute atomic E-state index is 14.5. The minimum atomic E-state index is -4.67. The molecule has 1 aromatic carbocycles. The Morgan fingerprint density at radius 3 is 1.88 bits per heavy atom. The van der Waals surface area contributed by atoms with Gasteiger partial charge in [-0.1, -0.05) is 12.1 Å². The number of rotatable bonds is 20. The van der Waals surface area contributed by atoms with E-state index in [1.54, 1.807) is 83.1 Å². The third-order valence-corrected chi connectivity index (χ3v) is 14.7. The number of epoxide rings is 1. The molecule has 3 heterocycles. The van der Waals surface area contributed by atoms with Crippen molar-refractivity contribution in [3.05, 3.63) is 46.2 Å². The van der Waals surface area contributed by atoms with E-state index in [1.807, 2.05) is 0 Å². The van der Waals surface area contributed by atoms with Gasteiger partial charge in [0.25, 0.3) is 11.6 Å². The standard InChI is InChI=1S/C53H85N7O22S/c1-49(2,3)79-45(65)54-25-35(61)42(64)55-32-24-33(57-47(67)81-51(7,8)9)40(37(62)39(32)78-44-38(63)41(53(13,69)28-75-44)58(14)48(68)82-52(10,11)12)77-43-31(56-46(66)80-50(4,5)6)22-21-29(76-43)26-59(23-17-18-30-27-74-30)83(72,73)36-20-16-15-19-34(36)60(70)71/h15-16,19-21,30-33,35,37-41,43-44,61-63,69H,17-18,22-28H2,1-14H3,(H,54,65)(H,55,64)(H,56,66)(H,57,67)/t30?,31-,32-,33+,35+,37-,38-,39+,40-,41-,43-,44-,53+/m1/s1. The highest BCUT2D eigenvalue weighted by Gasteiger charge is 2.55. The fourth-order valence-electron chi connectivity index (χ4n) is 9.25. The van der Waals surface area contributed by atoms with E-state index >= 15 is 0 Å². The summed E-state index contributed by atoms with van der Waals surface area (Å²) >= 11 is 0. The summed E-state index contributed by atoms with van der Waals surface area (Å²) in [6, 6.07) is -0.886. The normalized spacial score (nSPS) is 28.0. The maximum atomic E-state index is 14.5. The number of aliphatic hydroxyl groups excluding tert-OH is 3. The molecule has 13 atom stereocenters. The van der Waals surface area contributed by atoms with Crippen LogP contribution in [-0.4, -0.2) is 215 Å². The van der Waals surface area contributed by atoms with Crippen molar-refractivity contribution in [2.75, 3.05) is 39.9 Å². The van der Waals surface area contributed by atoms with Crippen molar-refractivity contribution >= 4 is 46.0 Å². The van der Waals surface area contributed by atoms with E-state index in [1.165, 1.54) is 32.2 Å². The molecule has 0 bridgehead atoms. The summed E-state index contributed by atoms with van der Waals surface area (Å²) in [5, 5.41) is 69.9. The zero-order valence-electron chi connectivity index (χ0n) is 49.6. The Morgan fingerprint density at radius 1 is 0.795 bits per heavy atom. The molecule has 3 fully saturated rings. The Kier molecular flexibility index (Phi) is 22.2. The second-order valence-electron chi connectivity index (χ2n) is 25.1. The summed E-state index contributed by atoms with van der Waals surface area (Å²) in [6.45, 7) is 19.0. The predicted octanol–water partition coefficient (Wildman–Crippen LogP) is 2.79. The van der Waals surface area contributed by atoms with Gasteiger partial charge in [-0.2, -0.15) is 4.31 Å². The molecule has 0 radical (unpaired) electrons. The fourth-order valence-corrected chi connectivity index (χ4v) is 10.9. The van der Waals surface area contributed by atoms with Crippen molar-refractivity contribution in [2.45, 2.75) is 222 Å². The Balaban J connectivity index is 1.59. The molecule has 1 aliphatic carbocycles. The van der Waals surface area contributed by atoms with E-state index in [-0.39, 0.29) is 31.2 Å². The zero-order valence-corrected chi connectivity index (χ0v) is 50.4. The molecule has 1 aromatic rings. The van der Waals surface area contributed by atoms with Gasteiger partial charge in [0.05, 0.1) is 61.5 Å². The fraction of sp³-hybridized carbons (Fsp3) is 0.755. The van der Waals surface area contributed by atoms with Crippen LogP contribution in [0.2, 0.25) is 0 Å². The highest BCUT2D eigenvalue weighted by Crippen LogP contribution is 2.36. The van der Waals surface area contributed by atoms with Crippen molar-refractivity contribution in [2.24, 2.45) is 0 Å². The zero-order chi connectivity index (χ0) is 62.4. The van der Waals surface area contributed by atoms with E-state index < -0.39 is 177 Å². The van der Waals surface area contributed by atoms with Gasteiger partial charge in [-0.3, -0.25) is 14.9 Å². The third-order valence-electron chi connectivity index (χ3n) is 12.9. The molecule has 83 heavy (non-hydrogen) atoms. The van der Waals surface area contributed by atoms with E-state index in [0.29, 0.717) is 13.0 Å². The number of nitrogens with zero attached hydrogens (tertiary/aromatic N) is 3. The lowest BCUT2D eigenvalue weighted by Crippen LogP contribution is -2.71. The van der Waals surface area contributed by atoms with Gasteiger partial charge in [-0.25, -0.2) is 27.6 Å². The van der Waals surface area contributed by atoms with E-state index in [9.17, 15) is 62.9 Å². The number of nitrogens with one attached hydrogen (secondary N) is 4. The Morgan fingerprint density at radius 2 is 1.33 bits per heavy atom. The number of hydrogen-bond acceptors (Lipinski definition) is 22. The first kappa shape index (κ1) is 68.1. The van der Waals surface area contributed by atoms with E-state index in [0.717, 1.165) is 21.3 Å². The summed E-state index contributed by atoms with van der Waals surface area (Å²) in [7, 11) is -3.40. The molecule has 29 nitrogen and oxygen atoms in total. The summed E-state index contributed by atoms with van der Waals surface area (Å²) in [5.74, 6) is -1.23. The van der Waals surface area contributed by atoms with Gasteiger partial charge in [0.2, 0.25) is 16.3 Å². The summed E-state index contributed by atoms with van der Waals surface area (Å²) < 4.78 is 82.6. The van der Waals surface area contributed by atoms with Crippen LogP contribution in [0.3, 0.4) is 0 Å². The number of benzene rings is 1. The number of aliphatic hydroxyl groups is 4. The lowest BCUT2D eigenvalue weighted by molar-refractivity contribution is -0.387. The highest BCUT2D eigenvalue weighted by atomic mass is 32.2. The second kappa shape index (κ2) is 27.1. The molecule has 8 N–H and O–H groups in total. The van der Waals surface area contributed by atoms with Crippen LogP contribution in [0.15, 0.2) is 41.0 Å². The number of nitro groups is 1. The largest absolute Gasteiger partial charge is 0.466 e. The van der Waals surface area contributed by atoms with Crippen LogP contribution < -0.4 is 21.3 Å². The number of carbonyl (C=O) groups is 5. The highest BCUT2D eigenvalue weighted by molar-refractivity contribution is 7.89. The number of amides is 5. The van der Waals surface area contributed by atoms with Gasteiger partial charge >= 0.3 is 24.4 Å². The van der Waals surface area contributed by atoms with Gasteiger partial charge in [0.15, 0.2) is 11.2 Å². The van der Waals surface area contributed by atoms with Crippen molar-refractivity contribution in [3.63, 3.8) is 0 Å². The van der Waals surface area contributed by atoms with Gasteiger partial charge < -0.3 is 89.2 Å². The molecule has 5 rings (SSSR count). The van der Waals surface area contributed by atoms with Crippen LogP contribution in [-0.2, 0) is 57.4 Å². The number of alkyl carbamates (subject to hydrolysis) is 3. The molecule has 5 amide bonds. The van der Waals surface area contributed by atoms with Crippen LogP contribution >= 0.6 is 0 Å². The average molecular weight is 1200 g/mol. The van der Waals surface area contributed by atoms with E-state index in [4.69, 9.17) is 42.6 Å². The molecule has 0 aromatic heterocycles.